The highest BCUT2D eigenvalue weighted by Crippen LogP contribution is 2.49. The van der Waals surface area contributed by atoms with Crippen LogP contribution in [0.2, 0.25) is 0 Å². The van der Waals surface area contributed by atoms with Crippen LogP contribution >= 0.6 is 23.5 Å². The van der Waals surface area contributed by atoms with Gasteiger partial charge < -0.3 is 25.4 Å². The van der Waals surface area contributed by atoms with E-state index in [2.05, 4.69) is 4.98 Å². The van der Waals surface area contributed by atoms with E-state index in [0.717, 1.165) is 9.79 Å². The van der Waals surface area contributed by atoms with Crippen LogP contribution in [0.3, 0.4) is 0 Å². The Hall–Kier alpha value is -1.56. The van der Waals surface area contributed by atoms with Gasteiger partial charge in [-0.05, 0) is 18.2 Å². The van der Waals surface area contributed by atoms with Gasteiger partial charge in [0.2, 0.25) is 0 Å². The average molecular weight is 395 g/mol. The summed E-state index contributed by atoms with van der Waals surface area (Å²) >= 11 is 3.05. The first kappa shape index (κ1) is 17.8. The zero-order valence-corrected chi connectivity index (χ0v) is 15.1. The first-order chi connectivity index (χ1) is 12.6. The normalized spacial score (nSPS) is 28.4. The number of aliphatic hydroxyl groups excluding tert-OH is 2. The maximum atomic E-state index is 12.2. The molecule has 0 spiro atoms. The lowest BCUT2D eigenvalue weighted by atomic mass is 10.1. The first-order valence-corrected chi connectivity index (χ1v) is 9.69. The summed E-state index contributed by atoms with van der Waals surface area (Å²) in [6.45, 7) is -0.389. The van der Waals surface area contributed by atoms with Crippen LogP contribution in [0.5, 0.6) is 0 Å². The molecule has 0 aliphatic carbocycles. The summed E-state index contributed by atoms with van der Waals surface area (Å²) in [6, 6.07) is 9.37. The number of nitrogens with zero attached hydrogens (tertiary/aromatic N) is 2. The largest absolute Gasteiger partial charge is 0.394 e. The molecule has 1 unspecified atom stereocenters. The lowest BCUT2D eigenvalue weighted by molar-refractivity contribution is -0.0686. The predicted octanol–water partition coefficient (Wildman–Crippen LogP) is 0.643. The van der Waals surface area contributed by atoms with Gasteiger partial charge in [0, 0.05) is 16.0 Å². The molecule has 1 aromatic heterocycles. The third kappa shape index (κ3) is 3.24. The monoisotopic (exact) mass is 395 g/mol. The van der Waals surface area contributed by atoms with Crippen molar-refractivity contribution in [2.45, 2.75) is 39.1 Å². The average Bonchev–Trinajstić information content (AvgIpc) is 3.17. The van der Waals surface area contributed by atoms with Gasteiger partial charge in [0.1, 0.15) is 24.1 Å². The number of aliphatic hydroxyl groups is 2. The molecule has 2 aliphatic rings. The minimum atomic E-state index is -1.08. The van der Waals surface area contributed by atoms with E-state index in [4.69, 9.17) is 15.2 Å². The third-order valence-corrected chi connectivity index (χ3v) is 6.72. The number of nitrogen functional groups attached to an aromatic ring is 1. The van der Waals surface area contributed by atoms with Crippen molar-refractivity contribution in [2.75, 3.05) is 12.3 Å². The van der Waals surface area contributed by atoms with Crippen LogP contribution in [0.4, 0.5) is 5.82 Å². The van der Waals surface area contributed by atoms with Crippen molar-refractivity contribution >= 4 is 29.3 Å². The molecular weight excluding hydrogens is 378 g/mol. The van der Waals surface area contributed by atoms with Crippen molar-refractivity contribution in [2.24, 2.45) is 0 Å². The number of aromatic nitrogens is 2. The Labute approximate surface area is 157 Å². The second-order valence-corrected chi connectivity index (χ2v) is 8.36. The second-order valence-electron chi connectivity index (χ2n) is 5.85. The van der Waals surface area contributed by atoms with Gasteiger partial charge in [-0.3, -0.25) is 4.57 Å². The summed E-state index contributed by atoms with van der Waals surface area (Å²) in [7, 11) is 0. The maximum Gasteiger partial charge on any atom is 0.351 e. The van der Waals surface area contributed by atoms with Crippen molar-refractivity contribution in [3.05, 3.63) is 47.0 Å². The number of thioether (sulfide) groups is 2. The molecule has 4 N–H and O–H groups in total. The number of rotatable bonds is 4. The molecular formula is C16H17N3O5S2. The molecule has 0 radical (unpaired) electrons. The molecule has 1 aromatic carbocycles. The van der Waals surface area contributed by atoms with Crippen LogP contribution in [0.25, 0.3) is 0 Å². The van der Waals surface area contributed by atoms with Gasteiger partial charge in [0.25, 0.3) is 0 Å². The molecule has 3 heterocycles. The van der Waals surface area contributed by atoms with E-state index in [-0.39, 0.29) is 17.2 Å². The number of anilines is 1. The standard InChI is InChI=1S/C16H17N3O5S2/c17-11-5-6-19(15(22)18-11)14-13(12(21)8(7-20)23-14)24-16-25-9-3-1-2-4-10(9)26-16/h1-6,8,12-14,16,20-21H,7H2,(H2,17,18,22)/t8-,12?,13+,14-/m1/s1. The van der Waals surface area contributed by atoms with Gasteiger partial charge in [-0.25, -0.2) is 4.79 Å². The van der Waals surface area contributed by atoms with Gasteiger partial charge in [-0.2, -0.15) is 4.98 Å². The molecule has 26 heavy (non-hydrogen) atoms. The molecule has 10 heteroatoms. The van der Waals surface area contributed by atoms with E-state index in [0.29, 0.717) is 0 Å². The minimum absolute atomic E-state index is 0.0957. The molecule has 1 saturated heterocycles. The molecule has 0 saturated carbocycles. The van der Waals surface area contributed by atoms with Crippen molar-refractivity contribution in [1.82, 2.24) is 9.55 Å². The Morgan fingerprint density at radius 2 is 1.96 bits per heavy atom. The summed E-state index contributed by atoms with van der Waals surface area (Å²) in [6.07, 6.45) is -2.24. The summed E-state index contributed by atoms with van der Waals surface area (Å²) < 4.78 is 12.7. The van der Waals surface area contributed by atoms with Gasteiger partial charge in [-0.15, -0.1) is 0 Å². The van der Waals surface area contributed by atoms with Crippen molar-refractivity contribution < 1.29 is 19.7 Å². The first-order valence-electron chi connectivity index (χ1n) is 7.93. The Kier molecular flexibility index (Phi) is 4.95. The smallest absolute Gasteiger partial charge is 0.351 e. The Morgan fingerprint density at radius 3 is 2.58 bits per heavy atom. The number of benzene rings is 1. The molecule has 0 bridgehead atoms. The fourth-order valence-electron chi connectivity index (χ4n) is 2.92. The number of hydrogen-bond acceptors (Lipinski definition) is 9. The summed E-state index contributed by atoms with van der Waals surface area (Å²) in [5.74, 6) is 0.0957. The fraction of sp³-hybridized carbons (Fsp3) is 0.375. The van der Waals surface area contributed by atoms with E-state index in [1.807, 2.05) is 24.3 Å². The van der Waals surface area contributed by atoms with E-state index >= 15 is 0 Å². The molecule has 2 aliphatic heterocycles. The number of nitrogens with two attached hydrogens (primary N) is 1. The van der Waals surface area contributed by atoms with E-state index in [1.165, 1.54) is 40.4 Å². The van der Waals surface area contributed by atoms with Gasteiger partial charge in [-0.1, -0.05) is 35.7 Å². The summed E-state index contributed by atoms with van der Waals surface area (Å²) in [4.78, 5) is 18.0. The van der Waals surface area contributed by atoms with E-state index in [1.54, 1.807) is 0 Å². The van der Waals surface area contributed by atoms with Crippen LogP contribution in [-0.4, -0.2) is 49.5 Å². The zero-order chi connectivity index (χ0) is 18.3. The molecule has 0 amide bonds. The lowest BCUT2D eigenvalue weighted by Crippen LogP contribution is -2.39. The highest BCUT2D eigenvalue weighted by atomic mass is 32.2. The second kappa shape index (κ2) is 7.22. The molecule has 138 valence electrons. The van der Waals surface area contributed by atoms with Crippen LogP contribution in [-0.2, 0) is 9.47 Å². The highest BCUT2D eigenvalue weighted by Gasteiger charge is 2.47. The van der Waals surface area contributed by atoms with Crippen LogP contribution in [0, 0.1) is 0 Å². The molecule has 1 fully saturated rings. The minimum Gasteiger partial charge on any atom is -0.394 e. The highest BCUT2D eigenvalue weighted by molar-refractivity contribution is 8.19. The number of fused-ring (bicyclic) bond motifs is 1. The van der Waals surface area contributed by atoms with Gasteiger partial charge >= 0.3 is 5.69 Å². The zero-order valence-electron chi connectivity index (χ0n) is 13.5. The van der Waals surface area contributed by atoms with Crippen LogP contribution < -0.4 is 11.4 Å². The van der Waals surface area contributed by atoms with Crippen LogP contribution in [0.1, 0.15) is 6.23 Å². The predicted molar refractivity (Wildman–Crippen MR) is 96.7 cm³/mol. The maximum absolute atomic E-state index is 12.2. The van der Waals surface area contributed by atoms with E-state index < -0.39 is 30.2 Å². The van der Waals surface area contributed by atoms with E-state index in [9.17, 15) is 15.0 Å². The quantitative estimate of drug-likeness (QED) is 0.685. The SMILES string of the molecule is Nc1ccn([C@@H]2O[C@H](CO)C(O)[C@@H]2OC2Sc3ccccc3S2)c(=O)n1. The Balaban J connectivity index is 1.58. The summed E-state index contributed by atoms with van der Waals surface area (Å²) in [5, 5.41) is 20.0. The lowest BCUT2D eigenvalue weighted by Gasteiger charge is -2.24. The number of ether oxygens (including phenoxy) is 2. The molecule has 4 atom stereocenters. The molecule has 4 rings (SSSR count). The van der Waals surface area contributed by atoms with Gasteiger partial charge in [0.15, 0.2) is 11.0 Å². The fourth-order valence-corrected chi connectivity index (χ4v) is 5.49. The van der Waals surface area contributed by atoms with Gasteiger partial charge in [0.05, 0.1) is 6.61 Å². The summed E-state index contributed by atoms with van der Waals surface area (Å²) in [5.41, 5.74) is 4.92. The van der Waals surface area contributed by atoms with Crippen molar-refractivity contribution in [3.63, 3.8) is 0 Å². The number of hydrogen-bond donors (Lipinski definition) is 3. The van der Waals surface area contributed by atoms with Crippen molar-refractivity contribution in [1.29, 1.82) is 0 Å². The van der Waals surface area contributed by atoms with Crippen molar-refractivity contribution in [3.8, 4) is 0 Å². The van der Waals surface area contributed by atoms with Crippen LogP contribution in [0.15, 0.2) is 51.1 Å². The third-order valence-electron chi connectivity index (χ3n) is 4.18. The Morgan fingerprint density at radius 1 is 1.27 bits per heavy atom. The molecule has 2 aromatic rings. The topological polar surface area (TPSA) is 120 Å². The molecule has 8 nitrogen and oxygen atoms in total. The Bertz CT molecular complexity index is 839.